The molecule has 1 aliphatic heterocycles. The predicted molar refractivity (Wildman–Crippen MR) is 133 cm³/mol. The van der Waals surface area contributed by atoms with Crippen molar-refractivity contribution in [3.05, 3.63) is 53.7 Å². The van der Waals surface area contributed by atoms with E-state index in [9.17, 15) is 9.90 Å². The summed E-state index contributed by atoms with van der Waals surface area (Å²) in [4.78, 5) is 25.7. The first-order valence-electron chi connectivity index (χ1n) is 11.4. The van der Waals surface area contributed by atoms with E-state index in [1.807, 2.05) is 48.5 Å². The second kappa shape index (κ2) is 9.49. The van der Waals surface area contributed by atoms with Crippen LogP contribution in [0.2, 0.25) is 0 Å². The molecule has 0 saturated carbocycles. The zero-order valence-electron chi connectivity index (χ0n) is 19.1. The minimum absolute atomic E-state index is 0.166. The third-order valence-corrected chi connectivity index (χ3v) is 6.69. The van der Waals surface area contributed by atoms with Crippen LogP contribution in [0.1, 0.15) is 24.2 Å². The van der Waals surface area contributed by atoms with Gasteiger partial charge in [-0.1, -0.05) is 13.0 Å². The number of amides is 1. The number of carbonyl (C=O) groups excluding carboxylic acids is 1. The second-order valence-corrected chi connectivity index (χ2v) is 9.39. The number of aromatic nitrogens is 4. The highest BCUT2D eigenvalue weighted by Gasteiger charge is 2.27. The van der Waals surface area contributed by atoms with E-state index in [0.29, 0.717) is 42.4 Å². The average Bonchev–Trinajstić information content (AvgIpc) is 3.50. The molecule has 0 unspecified atom stereocenters. The third-order valence-electron chi connectivity index (χ3n) is 5.80. The van der Waals surface area contributed by atoms with Crippen LogP contribution in [0.3, 0.4) is 0 Å². The van der Waals surface area contributed by atoms with Gasteiger partial charge in [0.2, 0.25) is 0 Å². The maximum absolute atomic E-state index is 13.0. The SMILES string of the molecule is CCN[C@@H](C)CNC(=O)c1cc(-c2cnn3ccc(-c4cccs4)nc23)nc(N2CC(O)C2)c1. The van der Waals surface area contributed by atoms with E-state index in [1.54, 1.807) is 34.2 Å². The number of β-amino-alcohol motifs (C(OH)–C–C–N with tert-alkyl or cyclic N) is 1. The summed E-state index contributed by atoms with van der Waals surface area (Å²) in [7, 11) is 0. The summed E-state index contributed by atoms with van der Waals surface area (Å²) in [6.45, 7) is 6.41. The minimum Gasteiger partial charge on any atom is -0.389 e. The van der Waals surface area contributed by atoms with Gasteiger partial charge >= 0.3 is 0 Å². The van der Waals surface area contributed by atoms with Crippen LogP contribution in [-0.4, -0.2) is 68.9 Å². The van der Waals surface area contributed by atoms with Crippen LogP contribution < -0.4 is 15.5 Å². The van der Waals surface area contributed by atoms with E-state index >= 15 is 0 Å². The van der Waals surface area contributed by atoms with E-state index in [1.165, 1.54) is 0 Å². The van der Waals surface area contributed by atoms with E-state index in [-0.39, 0.29) is 18.1 Å². The Bertz CT molecular complexity index is 1300. The molecule has 4 aromatic heterocycles. The van der Waals surface area contributed by atoms with Gasteiger partial charge in [0.1, 0.15) is 5.82 Å². The fraction of sp³-hybridized carbons (Fsp3) is 0.333. The molecule has 1 saturated heterocycles. The van der Waals surface area contributed by atoms with Gasteiger partial charge in [0.15, 0.2) is 5.65 Å². The van der Waals surface area contributed by atoms with Gasteiger partial charge in [-0.15, -0.1) is 11.3 Å². The van der Waals surface area contributed by atoms with Crippen molar-refractivity contribution in [3.63, 3.8) is 0 Å². The minimum atomic E-state index is -0.379. The molecule has 9 nitrogen and oxygen atoms in total. The normalized spacial score (nSPS) is 14.9. The number of fused-ring (bicyclic) bond motifs is 1. The zero-order chi connectivity index (χ0) is 23.7. The first kappa shape index (κ1) is 22.5. The highest BCUT2D eigenvalue weighted by molar-refractivity contribution is 7.13. The van der Waals surface area contributed by atoms with Gasteiger partial charge in [-0.2, -0.15) is 5.10 Å². The monoisotopic (exact) mass is 477 g/mol. The van der Waals surface area contributed by atoms with E-state index in [2.05, 4.69) is 15.7 Å². The molecule has 1 fully saturated rings. The van der Waals surface area contributed by atoms with Crippen LogP contribution in [-0.2, 0) is 0 Å². The molecule has 1 aliphatic rings. The molecule has 0 spiro atoms. The highest BCUT2D eigenvalue weighted by atomic mass is 32.1. The van der Waals surface area contributed by atoms with Crippen molar-refractivity contribution in [1.29, 1.82) is 0 Å². The molecule has 4 aromatic rings. The van der Waals surface area contributed by atoms with E-state index in [0.717, 1.165) is 22.7 Å². The summed E-state index contributed by atoms with van der Waals surface area (Å²) in [6.07, 6.45) is 3.23. The summed E-state index contributed by atoms with van der Waals surface area (Å²) in [5.41, 5.74) is 3.41. The zero-order valence-corrected chi connectivity index (χ0v) is 19.9. The lowest BCUT2D eigenvalue weighted by atomic mass is 10.1. The summed E-state index contributed by atoms with van der Waals surface area (Å²) in [6, 6.07) is 9.69. The number of nitrogens with zero attached hydrogens (tertiary/aromatic N) is 5. The number of likely N-dealkylation sites (N-methyl/N-ethyl adjacent to an activating group) is 1. The molecular weight excluding hydrogens is 450 g/mol. The molecule has 5 rings (SSSR count). The van der Waals surface area contributed by atoms with Crippen LogP contribution in [0.4, 0.5) is 5.82 Å². The predicted octanol–water partition coefficient (Wildman–Crippen LogP) is 2.43. The average molecular weight is 478 g/mol. The van der Waals surface area contributed by atoms with Crippen molar-refractivity contribution in [1.82, 2.24) is 30.2 Å². The molecule has 0 aromatic carbocycles. The third kappa shape index (κ3) is 4.52. The Hall–Kier alpha value is -3.34. The van der Waals surface area contributed by atoms with Gasteiger partial charge in [-0.05, 0) is 43.1 Å². The number of aliphatic hydroxyl groups is 1. The highest BCUT2D eigenvalue weighted by Crippen LogP contribution is 2.30. The molecule has 1 amide bonds. The largest absolute Gasteiger partial charge is 0.389 e. The van der Waals surface area contributed by atoms with Crippen molar-refractivity contribution in [2.75, 3.05) is 31.1 Å². The van der Waals surface area contributed by atoms with Crippen molar-refractivity contribution in [3.8, 4) is 21.8 Å². The lowest BCUT2D eigenvalue weighted by molar-refractivity contribution is 0.0950. The number of rotatable bonds is 8. The molecule has 176 valence electrons. The lowest BCUT2D eigenvalue weighted by Gasteiger charge is -2.37. The van der Waals surface area contributed by atoms with Gasteiger partial charge in [0, 0.05) is 37.4 Å². The van der Waals surface area contributed by atoms with Gasteiger partial charge in [0.25, 0.3) is 5.91 Å². The van der Waals surface area contributed by atoms with Gasteiger partial charge in [-0.3, -0.25) is 4.79 Å². The summed E-state index contributed by atoms with van der Waals surface area (Å²) >= 11 is 1.63. The molecule has 1 atom stereocenters. The number of carbonyl (C=O) groups is 1. The molecule has 0 aliphatic carbocycles. The van der Waals surface area contributed by atoms with Crippen molar-refractivity contribution in [2.24, 2.45) is 0 Å². The van der Waals surface area contributed by atoms with Crippen LogP contribution in [0.15, 0.2) is 48.1 Å². The molecule has 3 N–H and O–H groups in total. The molecule has 0 bridgehead atoms. The number of aliphatic hydroxyl groups excluding tert-OH is 1. The number of anilines is 1. The Balaban J connectivity index is 1.52. The topological polar surface area (TPSA) is 108 Å². The smallest absolute Gasteiger partial charge is 0.251 e. The fourth-order valence-electron chi connectivity index (χ4n) is 3.97. The number of hydrogen-bond donors (Lipinski definition) is 3. The van der Waals surface area contributed by atoms with Crippen LogP contribution in [0.25, 0.3) is 27.5 Å². The molecule has 5 heterocycles. The lowest BCUT2D eigenvalue weighted by Crippen LogP contribution is -2.51. The van der Waals surface area contributed by atoms with Gasteiger partial charge < -0.3 is 20.6 Å². The van der Waals surface area contributed by atoms with Crippen molar-refractivity contribution in [2.45, 2.75) is 26.0 Å². The van der Waals surface area contributed by atoms with Gasteiger partial charge in [0.05, 0.1) is 34.1 Å². The first-order valence-corrected chi connectivity index (χ1v) is 12.2. The molecule has 10 heteroatoms. The molecular formula is C24H27N7O2S. The maximum Gasteiger partial charge on any atom is 0.251 e. The summed E-state index contributed by atoms with van der Waals surface area (Å²) in [5, 5.41) is 22.6. The van der Waals surface area contributed by atoms with Crippen molar-refractivity contribution >= 4 is 28.7 Å². The van der Waals surface area contributed by atoms with Gasteiger partial charge in [-0.25, -0.2) is 14.5 Å². The number of nitrogens with one attached hydrogen (secondary N) is 2. The van der Waals surface area contributed by atoms with Crippen LogP contribution in [0, 0.1) is 0 Å². The first-order chi connectivity index (χ1) is 16.5. The van der Waals surface area contributed by atoms with Crippen LogP contribution >= 0.6 is 11.3 Å². The van der Waals surface area contributed by atoms with E-state index in [4.69, 9.17) is 9.97 Å². The Kier molecular flexibility index (Phi) is 6.27. The molecule has 0 radical (unpaired) electrons. The summed E-state index contributed by atoms with van der Waals surface area (Å²) < 4.78 is 1.71. The quantitative estimate of drug-likeness (QED) is 0.358. The maximum atomic E-state index is 13.0. The fourth-order valence-corrected chi connectivity index (χ4v) is 4.66. The number of pyridine rings is 1. The van der Waals surface area contributed by atoms with Crippen molar-refractivity contribution < 1.29 is 9.90 Å². The van der Waals surface area contributed by atoms with Crippen LogP contribution in [0.5, 0.6) is 0 Å². The van der Waals surface area contributed by atoms with E-state index < -0.39 is 0 Å². The molecule has 34 heavy (non-hydrogen) atoms. The number of thiophene rings is 1. The Morgan fingerprint density at radius 1 is 1.26 bits per heavy atom. The Morgan fingerprint density at radius 3 is 2.85 bits per heavy atom. The Morgan fingerprint density at radius 2 is 2.12 bits per heavy atom. The number of hydrogen-bond acceptors (Lipinski definition) is 8. The standard InChI is InChI=1S/C24H27N7O2S/c1-3-25-15(2)11-26-24(33)16-9-20(28-22(10-16)30-13-17(32)14-30)18-12-27-31-7-6-19(29-23(18)31)21-5-4-8-34-21/h4-10,12,15,17,25,32H,3,11,13-14H2,1-2H3,(H,26,33)/t15-/m0/s1. The summed E-state index contributed by atoms with van der Waals surface area (Å²) in [5.74, 6) is 0.487. The Labute approximate surface area is 201 Å². The second-order valence-electron chi connectivity index (χ2n) is 8.44.